The van der Waals surface area contributed by atoms with E-state index in [2.05, 4.69) is 0 Å². The summed E-state index contributed by atoms with van der Waals surface area (Å²) in [6, 6.07) is 19.9. The normalized spacial score (nSPS) is 9.54. The van der Waals surface area contributed by atoms with Crippen molar-refractivity contribution in [3.63, 3.8) is 0 Å². The molecule has 0 saturated heterocycles. The Morgan fingerprint density at radius 3 is 1.83 bits per heavy atom. The Morgan fingerprint density at radius 2 is 1.38 bits per heavy atom. The standard InChI is InChI=1S/2C10H12O2/c1-9(11)12-8-7-10-5-3-2-4-6-10;11-10(12)8-4-7-9-5-2-1-3-6-9/h2-6H,7-8H2,1H3;1-3,5-6H,4,7-8H2,(H,11,12). The van der Waals surface area contributed by atoms with E-state index < -0.39 is 5.97 Å². The van der Waals surface area contributed by atoms with E-state index in [1.807, 2.05) is 60.7 Å². The fourth-order valence-electron chi connectivity index (χ4n) is 2.05. The summed E-state index contributed by atoms with van der Waals surface area (Å²) in [6.45, 7) is 1.89. The predicted molar refractivity (Wildman–Crippen MR) is 93.8 cm³/mol. The summed E-state index contributed by atoms with van der Waals surface area (Å²) >= 11 is 0. The number of carbonyl (C=O) groups excluding carboxylic acids is 1. The van der Waals surface area contributed by atoms with Gasteiger partial charge in [-0.15, -0.1) is 0 Å². The van der Waals surface area contributed by atoms with Crippen molar-refractivity contribution in [1.29, 1.82) is 0 Å². The SMILES string of the molecule is CC(=O)OCCc1ccccc1.O=C(O)CCCc1ccccc1. The molecule has 1 N–H and O–H groups in total. The van der Waals surface area contributed by atoms with Crippen LogP contribution in [0.4, 0.5) is 0 Å². The van der Waals surface area contributed by atoms with Crippen LogP contribution in [0.2, 0.25) is 0 Å². The fourth-order valence-corrected chi connectivity index (χ4v) is 2.05. The molecule has 0 bridgehead atoms. The second kappa shape index (κ2) is 11.9. The fraction of sp³-hybridized carbons (Fsp3) is 0.300. The minimum atomic E-state index is -0.717. The third kappa shape index (κ3) is 10.2. The second-order valence-electron chi connectivity index (χ2n) is 5.31. The zero-order chi connectivity index (χ0) is 17.6. The van der Waals surface area contributed by atoms with E-state index in [-0.39, 0.29) is 12.4 Å². The molecule has 0 aromatic heterocycles. The van der Waals surface area contributed by atoms with Crippen LogP contribution >= 0.6 is 0 Å². The largest absolute Gasteiger partial charge is 0.481 e. The maximum Gasteiger partial charge on any atom is 0.303 e. The van der Waals surface area contributed by atoms with Gasteiger partial charge in [-0.05, 0) is 24.0 Å². The van der Waals surface area contributed by atoms with E-state index in [1.54, 1.807) is 0 Å². The molecule has 128 valence electrons. The first kappa shape index (κ1) is 19.4. The number of esters is 1. The molecule has 0 heterocycles. The van der Waals surface area contributed by atoms with Crippen molar-refractivity contribution in [2.24, 2.45) is 0 Å². The number of rotatable bonds is 7. The molecule has 0 aliphatic rings. The molecular formula is C20H24O4. The molecular weight excluding hydrogens is 304 g/mol. The van der Waals surface area contributed by atoms with Gasteiger partial charge in [-0.1, -0.05) is 60.7 Å². The highest BCUT2D eigenvalue weighted by atomic mass is 16.5. The minimum Gasteiger partial charge on any atom is -0.481 e. The summed E-state index contributed by atoms with van der Waals surface area (Å²) in [5.41, 5.74) is 2.40. The third-order valence-corrected chi connectivity index (χ3v) is 3.24. The number of aryl methyl sites for hydroxylation is 1. The highest BCUT2D eigenvalue weighted by molar-refractivity contribution is 5.66. The molecule has 4 heteroatoms. The minimum absolute atomic E-state index is 0.217. The van der Waals surface area contributed by atoms with Gasteiger partial charge in [0.1, 0.15) is 0 Å². The summed E-state index contributed by atoms with van der Waals surface area (Å²) < 4.78 is 4.81. The first-order valence-corrected chi connectivity index (χ1v) is 8.01. The molecule has 0 saturated carbocycles. The van der Waals surface area contributed by atoms with Crippen LogP contribution in [0.1, 0.15) is 30.9 Å². The molecule has 0 fully saturated rings. The van der Waals surface area contributed by atoms with Crippen LogP contribution in [-0.2, 0) is 27.2 Å². The Bertz CT molecular complexity index is 538. The van der Waals surface area contributed by atoms with Crippen LogP contribution in [0.25, 0.3) is 0 Å². The Hall–Kier alpha value is -2.62. The van der Waals surface area contributed by atoms with Crippen LogP contribution in [0.5, 0.6) is 0 Å². The number of ether oxygens (including phenoxy) is 1. The number of hydrogen-bond donors (Lipinski definition) is 1. The highest BCUT2D eigenvalue weighted by Crippen LogP contribution is 2.04. The van der Waals surface area contributed by atoms with Crippen LogP contribution in [-0.4, -0.2) is 23.7 Å². The van der Waals surface area contributed by atoms with Crippen LogP contribution in [0.3, 0.4) is 0 Å². The second-order valence-corrected chi connectivity index (χ2v) is 5.31. The molecule has 0 unspecified atom stereocenters. The molecule has 0 aliphatic carbocycles. The Morgan fingerprint density at radius 1 is 0.875 bits per heavy atom. The van der Waals surface area contributed by atoms with Crippen molar-refractivity contribution in [3.8, 4) is 0 Å². The number of carboxylic acids is 1. The van der Waals surface area contributed by atoms with Gasteiger partial charge in [0.15, 0.2) is 0 Å². The molecule has 4 nitrogen and oxygen atoms in total. The first-order chi connectivity index (χ1) is 11.6. The summed E-state index contributed by atoms with van der Waals surface area (Å²) in [5, 5.41) is 8.39. The number of benzene rings is 2. The van der Waals surface area contributed by atoms with E-state index in [0.717, 1.165) is 19.3 Å². The number of carboxylic acid groups (broad SMARTS) is 1. The Labute approximate surface area is 143 Å². The average molecular weight is 328 g/mol. The molecule has 0 atom stereocenters. The van der Waals surface area contributed by atoms with Crippen molar-refractivity contribution in [2.45, 2.75) is 32.6 Å². The highest BCUT2D eigenvalue weighted by Gasteiger charge is 1.96. The van der Waals surface area contributed by atoms with Gasteiger partial charge in [-0.3, -0.25) is 9.59 Å². The topological polar surface area (TPSA) is 63.6 Å². The van der Waals surface area contributed by atoms with Crippen LogP contribution in [0.15, 0.2) is 60.7 Å². The summed E-state index contributed by atoms with van der Waals surface area (Å²) in [4.78, 5) is 20.6. The van der Waals surface area contributed by atoms with Gasteiger partial charge in [0, 0.05) is 19.8 Å². The van der Waals surface area contributed by atoms with Crippen molar-refractivity contribution in [2.75, 3.05) is 6.61 Å². The Balaban J connectivity index is 0.000000240. The average Bonchev–Trinajstić information content (AvgIpc) is 2.57. The predicted octanol–water partition coefficient (Wildman–Crippen LogP) is 3.89. The van der Waals surface area contributed by atoms with Crippen molar-refractivity contribution >= 4 is 11.9 Å². The molecule has 0 amide bonds. The van der Waals surface area contributed by atoms with Crippen molar-refractivity contribution in [1.82, 2.24) is 0 Å². The lowest BCUT2D eigenvalue weighted by Gasteiger charge is -2.00. The molecule has 2 aromatic rings. The van der Waals surface area contributed by atoms with Gasteiger partial charge in [0.05, 0.1) is 6.61 Å². The lowest BCUT2D eigenvalue weighted by molar-refractivity contribution is -0.141. The van der Waals surface area contributed by atoms with Crippen LogP contribution in [0, 0.1) is 0 Å². The molecule has 24 heavy (non-hydrogen) atoms. The van der Waals surface area contributed by atoms with E-state index in [1.165, 1.54) is 18.1 Å². The quantitative estimate of drug-likeness (QED) is 0.783. The first-order valence-electron chi connectivity index (χ1n) is 8.01. The van der Waals surface area contributed by atoms with Gasteiger partial charge >= 0.3 is 11.9 Å². The van der Waals surface area contributed by atoms with Gasteiger partial charge in [-0.25, -0.2) is 0 Å². The Kier molecular flexibility index (Phi) is 9.62. The maximum atomic E-state index is 10.4. The molecule has 2 aromatic carbocycles. The lowest BCUT2D eigenvalue weighted by atomic mass is 10.1. The summed E-state index contributed by atoms with van der Waals surface area (Å²) in [6.07, 6.45) is 2.63. The van der Waals surface area contributed by atoms with Gasteiger partial charge < -0.3 is 9.84 Å². The summed E-state index contributed by atoms with van der Waals surface area (Å²) in [5.74, 6) is -0.933. The third-order valence-electron chi connectivity index (χ3n) is 3.24. The molecule has 0 spiro atoms. The zero-order valence-corrected chi connectivity index (χ0v) is 14.0. The van der Waals surface area contributed by atoms with Crippen LogP contribution < -0.4 is 0 Å². The molecule has 0 radical (unpaired) electrons. The van der Waals surface area contributed by atoms with Gasteiger partial charge in [0.2, 0.25) is 0 Å². The van der Waals surface area contributed by atoms with E-state index in [0.29, 0.717) is 6.61 Å². The number of hydrogen-bond acceptors (Lipinski definition) is 3. The maximum absolute atomic E-state index is 10.4. The zero-order valence-electron chi connectivity index (χ0n) is 14.0. The van der Waals surface area contributed by atoms with Gasteiger partial charge in [-0.2, -0.15) is 0 Å². The lowest BCUT2D eigenvalue weighted by Crippen LogP contribution is -2.02. The monoisotopic (exact) mass is 328 g/mol. The smallest absolute Gasteiger partial charge is 0.303 e. The summed E-state index contributed by atoms with van der Waals surface area (Å²) in [7, 11) is 0. The number of carbonyl (C=O) groups is 2. The van der Waals surface area contributed by atoms with Crippen molar-refractivity contribution < 1.29 is 19.4 Å². The van der Waals surface area contributed by atoms with Gasteiger partial charge in [0.25, 0.3) is 0 Å². The number of aliphatic carboxylic acids is 1. The van der Waals surface area contributed by atoms with E-state index in [9.17, 15) is 9.59 Å². The van der Waals surface area contributed by atoms with E-state index >= 15 is 0 Å². The molecule has 0 aliphatic heterocycles. The van der Waals surface area contributed by atoms with E-state index in [4.69, 9.17) is 9.84 Å². The molecule has 2 rings (SSSR count). The van der Waals surface area contributed by atoms with Crippen molar-refractivity contribution in [3.05, 3.63) is 71.8 Å².